The molecule has 0 radical (unpaired) electrons. The van der Waals surface area contributed by atoms with Crippen molar-refractivity contribution < 1.29 is 4.79 Å². The standard InChI is InChI=1S/C15H24ClN3OS/c1-15(14(20)17-2)6-8-19(11-15)7-4-3-5-13-18-12(9-16)10-21-13/h10H,3-9,11H2,1-2H3,(H,17,20). The molecule has 1 unspecified atom stereocenters. The number of thiazole rings is 1. The number of rotatable bonds is 7. The summed E-state index contributed by atoms with van der Waals surface area (Å²) in [4.78, 5) is 18.8. The quantitative estimate of drug-likeness (QED) is 0.618. The summed E-state index contributed by atoms with van der Waals surface area (Å²) in [7, 11) is 1.72. The van der Waals surface area contributed by atoms with Gasteiger partial charge in [-0.3, -0.25) is 4.79 Å². The van der Waals surface area contributed by atoms with E-state index in [0.717, 1.165) is 51.0 Å². The average Bonchev–Trinajstić information content (AvgIpc) is 3.10. The summed E-state index contributed by atoms with van der Waals surface area (Å²) < 4.78 is 0. The van der Waals surface area contributed by atoms with Crippen LogP contribution in [-0.2, 0) is 17.1 Å². The maximum absolute atomic E-state index is 11.9. The van der Waals surface area contributed by atoms with Gasteiger partial charge in [-0.1, -0.05) is 0 Å². The Morgan fingerprint density at radius 3 is 3.05 bits per heavy atom. The van der Waals surface area contributed by atoms with Crippen molar-refractivity contribution in [2.45, 2.75) is 38.5 Å². The zero-order chi connectivity index (χ0) is 15.3. The Labute approximate surface area is 135 Å². The van der Waals surface area contributed by atoms with Gasteiger partial charge < -0.3 is 10.2 Å². The molecule has 2 heterocycles. The van der Waals surface area contributed by atoms with Crippen LogP contribution in [0.3, 0.4) is 0 Å². The van der Waals surface area contributed by atoms with E-state index in [1.165, 1.54) is 5.01 Å². The first-order valence-corrected chi connectivity index (χ1v) is 8.92. The van der Waals surface area contributed by atoms with Gasteiger partial charge in [0.15, 0.2) is 0 Å². The van der Waals surface area contributed by atoms with Gasteiger partial charge in [0.2, 0.25) is 5.91 Å². The molecule has 1 aliphatic rings. The lowest BCUT2D eigenvalue weighted by molar-refractivity contribution is -0.129. The molecule has 4 nitrogen and oxygen atoms in total. The molecule has 0 aliphatic carbocycles. The number of nitrogens with zero attached hydrogens (tertiary/aromatic N) is 2. The molecular formula is C15H24ClN3OS. The van der Waals surface area contributed by atoms with Crippen molar-refractivity contribution in [3.63, 3.8) is 0 Å². The summed E-state index contributed by atoms with van der Waals surface area (Å²) in [5.74, 6) is 0.670. The van der Waals surface area contributed by atoms with Crippen molar-refractivity contribution in [3.05, 3.63) is 16.1 Å². The molecule has 0 spiro atoms. The SMILES string of the molecule is CNC(=O)C1(C)CCN(CCCCc2nc(CCl)cs2)C1. The molecule has 118 valence electrons. The van der Waals surface area contributed by atoms with Gasteiger partial charge in [-0.2, -0.15) is 0 Å². The Balaban J connectivity index is 1.67. The molecule has 1 aliphatic heterocycles. The third kappa shape index (κ3) is 4.41. The summed E-state index contributed by atoms with van der Waals surface area (Å²) in [6, 6.07) is 0. The number of amides is 1. The van der Waals surface area contributed by atoms with Gasteiger partial charge in [0.1, 0.15) is 0 Å². The van der Waals surface area contributed by atoms with E-state index in [4.69, 9.17) is 11.6 Å². The van der Waals surface area contributed by atoms with Gasteiger partial charge in [0.05, 0.1) is 22.0 Å². The molecule has 6 heteroatoms. The Bertz CT molecular complexity index is 479. The summed E-state index contributed by atoms with van der Waals surface area (Å²) in [6.45, 7) is 5.04. The van der Waals surface area contributed by atoms with E-state index in [0.29, 0.717) is 5.88 Å². The highest BCUT2D eigenvalue weighted by atomic mass is 35.5. The molecule has 0 saturated carbocycles. The van der Waals surface area contributed by atoms with E-state index in [1.54, 1.807) is 18.4 Å². The van der Waals surface area contributed by atoms with Crippen molar-refractivity contribution in [2.24, 2.45) is 5.41 Å². The van der Waals surface area contributed by atoms with Gasteiger partial charge in [-0.25, -0.2) is 4.98 Å². The van der Waals surface area contributed by atoms with E-state index in [1.807, 2.05) is 5.38 Å². The molecule has 2 rings (SSSR count). The molecule has 1 amide bonds. The smallest absolute Gasteiger partial charge is 0.227 e. The van der Waals surface area contributed by atoms with Crippen LogP contribution in [0.4, 0.5) is 0 Å². The second kappa shape index (κ2) is 7.56. The van der Waals surface area contributed by atoms with Crippen LogP contribution in [0.1, 0.15) is 36.9 Å². The van der Waals surface area contributed by atoms with Crippen molar-refractivity contribution in [2.75, 3.05) is 26.7 Å². The summed E-state index contributed by atoms with van der Waals surface area (Å²) >= 11 is 7.46. The highest BCUT2D eigenvalue weighted by Crippen LogP contribution is 2.30. The molecule has 0 aromatic carbocycles. The van der Waals surface area contributed by atoms with Crippen LogP contribution in [0.5, 0.6) is 0 Å². The highest BCUT2D eigenvalue weighted by molar-refractivity contribution is 7.09. The number of likely N-dealkylation sites (tertiary alicyclic amines) is 1. The van der Waals surface area contributed by atoms with Gasteiger partial charge in [-0.15, -0.1) is 22.9 Å². The predicted molar refractivity (Wildman–Crippen MR) is 87.8 cm³/mol. The number of alkyl halides is 1. The molecule has 1 aromatic heterocycles. The molecule has 1 N–H and O–H groups in total. The van der Waals surface area contributed by atoms with Crippen LogP contribution < -0.4 is 5.32 Å². The number of carbonyl (C=O) groups excluding carboxylic acids is 1. The molecule has 1 saturated heterocycles. The summed E-state index contributed by atoms with van der Waals surface area (Å²) in [6.07, 6.45) is 4.28. The Morgan fingerprint density at radius 1 is 1.57 bits per heavy atom. The number of halogens is 1. The number of aromatic nitrogens is 1. The third-order valence-corrected chi connectivity index (χ3v) is 5.41. The Kier molecular flexibility index (Phi) is 6.02. The first kappa shape index (κ1) is 16.7. The van der Waals surface area contributed by atoms with Crippen molar-refractivity contribution in [3.8, 4) is 0 Å². The molecule has 21 heavy (non-hydrogen) atoms. The lowest BCUT2D eigenvalue weighted by atomic mass is 9.89. The lowest BCUT2D eigenvalue weighted by Crippen LogP contribution is -2.39. The van der Waals surface area contributed by atoms with Crippen molar-refractivity contribution >= 4 is 28.8 Å². The normalized spacial score (nSPS) is 22.6. The number of hydrogen-bond acceptors (Lipinski definition) is 4. The molecule has 1 fully saturated rings. The summed E-state index contributed by atoms with van der Waals surface area (Å²) in [5.41, 5.74) is 0.775. The van der Waals surface area contributed by atoms with E-state index < -0.39 is 0 Å². The molecular weight excluding hydrogens is 306 g/mol. The van der Waals surface area contributed by atoms with Gasteiger partial charge in [0, 0.05) is 19.0 Å². The minimum absolute atomic E-state index is 0.168. The number of carbonyl (C=O) groups is 1. The maximum Gasteiger partial charge on any atom is 0.227 e. The number of unbranched alkanes of at least 4 members (excludes halogenated alkanes) is 1. The van der Waals surface area contributed by atoms with Crippen LogP contribution in [0.25, 0.3) is 0 Å². The monoisotopic (exact) mass is 329 g/mol. The fourth-order valence-electron chi connectivity index (χ4n) is 2.87. The second-order valence-electron chi connectivity index (χ2n) is 5.99. The largest absolute Gasteiger partial charge is 0.359 e. The number of nitrogens with one attached hydrogen (secondary N) is 1. The van der Waals surface area contributed by atoms with Crippen molar-refractivity contribution in [1.82, 2.24) is 15.2 Å². The van der Waals surface area contributed by atoms with Crippen LogP contribution in [0, 0.1) is 5.41 Å². The fraction of sp³-hybridized carbons (Fsp3) is 0.733. The average molecular weight is 330 g/mol. The van der Waals surface area contributed by atoms with Crippen LogP contribution >= 0.6 is 22.9 Å². The first-order valence-electron chi connectivity index (χ1n) is 7.51. The van der Waals surface area contributed by atoms with Crippen LogP contribution in [0.2, 0.25) is 0 Å². The molecule has 0 bridgehead atoms. The van der Waals surface area contributed by atoms with Gasteiger partial charge in [-0.05, 0) is 45.7 Å². The topological polar surface area (TPSA) is 45.2 Å². The minimum Gasteiger partial charge on any atom is -0.359 e. The first-order chi connectivity index (χ1) is 10.1. The highest BCUT2D eigenvalue weighted by Gasteiger charge is 2.39. The summed E-state index contributed by atoms with van der Waals surface area (Å²) in [5, 5.41) is 6.00. The zero-order valence-electron chi connectivity index (χ0n) is 12.8. The molecule has 1 aromatic rings. The lowest BCUT2D eigenvalue weighted by Gasteiger charge is -2.22. The van der Waals surface area contributed by atoms with Crippen LogP contribution in [-0.4, -0.2) is 42.5 Å². The van der Waals surface area contributed by atoms with E-state index in [9.17, 15) is 4.79 Å². The number of hydrogen-bond donors (Lipinski definition) is 1. The van der Waals surface area contributed by atoms with Crippen molar-refractivity contribution in [1.29, 1.82) is 0 Å². The van der Waals surface area contributed by atoms with Gasteiger partial charge >= 0.3 is 0 Å². The van der Waals surface area contributed by atoms with Crippen LogP contribution in [0.15, 0.2) is 5.38 Å². The van der Waals surface area contributed by atoms with Gasteiger partial charge in [0.25, 0.3) is 0 Å². The fourth-order valence-corrected chi connectivity index (χ4v) is 3.94. The van der Waals surface area contributed by atoms with E-state index in [2.05, 4.69) is 22.1 Å². The maximum atomic E-state index is 11.9. The predicted octanol–water partition coefficient (Wildman–Crippen LogP) is 2.66. The second-order valence-corrected chi connectivity index (χ2v) is 7.20. The zero-order valence-corrected chi connectivity index (χ0v) is 14.4. The third-order valence-electron chi connectivity index (χ3n) is 4.18. The Morgan fingerprint density at radius 2 is 2.38 bits per heavy atom. The van der Waals surface area contributed by atoms with E-state index in [-0.39, 0.29) is 11.3 Å². The Hall–Kier alpha value is -0.650. The number of aryl methyl sites for hydroxylation is 1. The minimum atomic E-state index is -0.209. The molecule has 1 atom stereocenters. The van der Waals surface area contributed by atoms with E-state index >= 15 is 0 Å².